The highest BCUT2D eigenvalue weighted by atomic mass is 32.2. The quantitative estimate of drug-likeness (QED) is 0.564. The lowest BCUT2D eigenvalue weighted by Crippen LogP contribution is -2.28. The molecule has 1 atom stereocenters. The number of carbonyl (C=O) groups is 1. The Morgan fingerprint density at radius 3 is 2.71 bits per heavy atom. The third kappa shape index (κ3) is 3.95. The average molecular weight is 394 g/mol. The van der Waals surface area contributed by atoms with Gasteiger partial charge in [0.1, 0.15) is 12.0 Å². The first-order chi connectivity index (χ1) is 13.6. The zero-order chi connectivity index (χ0) is 19.5. The van der Waals surface area contributed by atoms with Crippen molar-refractivity contribution in [3.8, 4) is 0 Å². The van der Waals surface area contributed by atoms with Gasteiger partial charge in [0.2, 0.25) is 0 Å². The van der Waals surface area contributed by atoms with Crippen molar-refractivity contribution in [2.45, 2.75) is 17.6 Å². The van der Waals surface area contributed by atoms with Crippen LogP contribution in [0.2, 0.25) is 0 Å². The molecule has 0 spiro atoms. The normalized spacial score (nSPS) is 15.2. The van der Waals surface area contributed by atoms with E-state index >= 15 is 0 Å². The summed E-state index contributed by atoms with van der Waals surface area (Å²) in [7, 11) is 0. The molecule has 3 aromatic rings. The van der Waals surface area contributed by atoms with Crippen LogP contribution >= 0.6 is 11.9 Å². The first kappa shape index (κ1) is 18.3. The van der Waals surface area contributed by atoms with Crippen LogP contribution in [0.15, 0.2) is 77.7 Å². The molecule has 0 bridgehead atoms. The Bertz CT molecular complexity index is 1010. The lowest BCUT2D eigenvalue weighted by atomic mass is 10.1. The Kier molecular flexibility index (Phi) is 5.18. The van der Waals surface area contributed by atoms with Gasteiger partial charge >= 0.3 is 6.03 Å². The molecule has 1 unspecified atom stereocenters. The number of urea groups is 1. The number of benzene rings is 3. The third-order valence-corrected chi connectivity index (χ3v) is 5.59. The summed E-state index contributed by atoms with van der Waals surface area (Å²) >= 11 is 1.61. The van der Waals surface area contributed by atoms with Crippen molar-refractivity contribution in [1.82, 2.24) is 5.32 Å². The second-order valence-corrected chi connectivity index (χ2v) is 7.40. The molecule has 2 amide bonds. The molecule has 142 valence electrons. The van der Waals surface area contributed by atoms with E-state index in [4.69, 9.17) is 5.73 Å². The third-order valence-electron chi connectivity index (χ3n) is 4.39. The summed E-state index contributed by atoms with van der Waals surface area (Å²) in [4.78, 5) is 13.2. The SMILES string of the molecule is NC1c2ccccc2SN1c1cccc(CNC(=O)Nc2cccc(F)c2)c1. The van der Waals surface area contributed by atoms with Gasteiger partial charge in [-0.2, -0.15) is 0 Å². The summed E-state index contributed by atoms with van der Waals surface area (Å²) in [5, 5.41) is 5.40. The highest BCUT2D eigenvalue weighted by Crippen LogP contribution is 2.44. The van der Waals surface area contributed by atoms with Crippen molar-refractivity contribution in [3.05, 3.63) is 89.7 Å². The molecule has 28 heavy (non-hydrogen) atoms. The van der Waals surface area contributed by atoms with Gasteiger partial charge in [0.05, 0.1) is 0 Å². The minimum Gasteiger partial charge on any atom is -0.334 e. The maximum atomic E-state index is 13.2. The van der Waals surface area contributed by atoms with E-state index in [0.29, 0.717) is 12.2 Å². The zero-order valence-electron chi connectivity index (χ0n) is 14.9. The molecule has 7 heteroatoms. The van der Waals surface area contributed by atoms with Gasteiger partial charge in [-0.25, -0.2) is 9.18 Å². The van der Waals surface area contributed by atoms with Gasteiger partial charge in [-0.3, -0.25) is 4.31 Å². The zero-order valence-corrected chi connectivity index (χ0v) is 15.7. The first-order valence-electron chi connectivity index (χ1n) is 8.81. The molecule has 1 heterocycles. The smallest absolute Gasteiger partial charge is 0.319 e. The van der Waals surface area contributed by atoms with E-state index in [-0.39, 0.29) is 6.17 Å². The molecular formula is C21H19FN4OS. The highest BCUT2D eigenvalue weighted by Gasteiger charge is 2.28. The van der Waals surface area contributed by atoms with Crippen LogP contribution in [0.25, 0.3) is 0 Å². The second-order valence-electron chi connectivity index (χ2n) is 6.39. The van der Waals surface area contributed by atoms with Crippen LogP contribution in [0, 0.1) is 5.82 Å². The van der Waals surface area contributed by atoms with E-state index < -0.39 is 11.8 Å². The Labute approximate surface area is 166 Å². The first-order valence-corrected chi connectivity index (χ1v) is 9.58. The topological polar surface area (TPSA) is 70.4 Å². The Morgan fingerprint density at radius 2 is 1.89 bits per heavy atom. The fourth-order valence-electron chi connectivity index (χ4n) is 3.04. The summed E-state index contributed by atoms with van der Waals surface area (Å²) < 4.78 is 15.3. The van der Waals surface area contributed by atoms with Crippen LogP contribution in [0.3, 0.4) is 0 Å². The van der Waals surface area contributed by atoms with Crippen molar-refractivity contribution in [1.29, 1.82) is 0 Å². The number of rotatable bonds is 4. The van der Waals surface area contributed by atoms with Gasteiger partial charge in [0, 0.05) is 28.4 Å². The van der Waals surface area contributed by atoms with Gasteiger partial charge < -0.3 is 16.4 Å². The minimum atomic E-state index is -0.397. The molecule has 4 rings (SSSR count). The lowest BCUT2D eigenvalue weighted by molar-refractivity contribution is 0.251. The average Bonchev–Trinajstić information content (AvgIpc) is 3.04. The lowest BCUT2D eigenvalue weighted by Gasteiger charge is -2.22. The molecule has 0 saturated heterocycles. The van der Waals surface area contributed by atoms with Gasteiger partial charge in [-0.15, -0.1) is 0 Å². The monoisotopic (exact) mass is 394 g/mol. The number of anilines is 2. The van der Waals surface area contributed by atoms with Gasteiger partial charge in [0.15, 0.2) is 0 Å². The number of carbonyl (C=O) groups excluding carboxylic acids is 1. The summed E-state index contributed by atoms with van der Waals surface area (Å²) in [6, 6.07) is 21.3. The van der Waals surface area contributed by atoms with Crippen molar-refractivity contribution in [3.63, 3.8) is 0 Å². The van der Waals surface area contributed by atoms with E-state index in [1.807, 2.05) is 42.5 Å². The number of amides is 2. The van der Waals surface area contributed by atoms with Crippen molar-refractivity contribution in [2.75, 3.05) is 9.62 Å². The number of halogens is 1. The van der Waals surface area contributed by atoms with E-state index in [1.54, 1.807) is 24.1 Å². The molecule has 1 aliphatic rings. The summed E-state index contributed by atoms with van der Waals surface area (Å²) in [5.41, 5.74) is 9.81. The fourth-order valence-corrected chi connectivity index (χ4v) is 4.13. The fraction of sp³-hybridized carbons (Fsp3) is 0.0952. The molecule has 5 nitrogen and oxygen atoms in total. The number of hydrogen-bond donors (Lipinski definition) is 3. The molecular weight excluding hydrogens is 375 g/mol. The van der Waals surface area contributed by atoms with Crippen molar-refractivity contribution in [2.24, 2.45) is 5.73 Å². The number of nitrogens with two attached hydrogens (primary N) is 1. The summed E-state index contributed by atoms with van der Waals surface area (Å²) in [6.45, 7) is 0.343. The standard InChI is InChI=1S/C21H19FN4OS/c22-15-6-4-7-16(12-15)25-21(27)24-13-14-5-3-8-17(11-14)26-20(23)18-9-1-2-10-19(18)28-26/h1-12,20H,13,23H2,(H2,24,25,27). The molecule has 4 N–H and O–H groups in total. The van der Waals surface area contributed by atoms with Crippen LogP contribution < -0.4 is 20.7 Å². The predicted molar refractivity (Wildman–Crippen MR) is 110 cm³/mol. The van der Waals surface area contributed by atoms with Crippen LogP contribution in [0.5, 0.6) is 0 Å². The van der Waals surface area contributed by atoms with Crippen LogP contribution in [0.1, 0.15) is 17.3 Å². The summed E-state index contributed by atoms with van der Waals surface area (Å²) in [5.74, 6) is -0.397. The summed E-state index contributed by atoms with van der Waals surface area (Å²) in [6.07, 6.45) is -0.222. The Balaban J connectivity index is 1.40. The van der Waals surface area contributed by atoms with Crippen LogP contribution in [-0.2, 0) is 6.54 Å². The molecule has 0 radical (unpaired) electrons. The van der Waals surface area contributed by atoms with E-state index in [1.165, 1.54) is 12.1 Å². The van der Waals surface area contributed by atoms with Gasteiger partial charge in [0.25, 0.3) is 0 Å². The largest absolute Gasteiger partial charge is 0.334 e. The highest BCUT2D eigenvalue weighted by molar-refractivity contribution is 8.01. The minimum absolute atomic E-state index is 0.222. The molecule has 0 fully saturated rings. The molecule has 1 aliphatic heterocycles. The van der Waals surface area contributed by atoms with E-state index in [0.717, 1.165) is 21.7 Å². The molecule has 0 aliphatic carbocycles. The number of nitrogens with zero attached hydrogens (tertiary/aromatic N) is 1. The molecule has 0 aromatic heterocycles. The maximum Gasteiger partial charge on any atom is 0.319 e. The van der Waals surface area contributed by atoms with Crippen molar-refractivity contribution >= 4 is 29.4 Å². The number of nitrogens with one attached hydrogen (secondary N) is 2. The predicted octanol–water partition coefficient (Wildman–Crippen LogP) is 4.63. The van der Waals surface area contributed by atoms with E-state index in [2.05, 4.69) is 21.0 Å². The molecule has 3 aromatic carbocycles. The molecule has 0 saturated carbocycles. The Hall–Kier alpha value is -3.03. The maximum absolute atomic E-state index is 13.2. The number of hydrogen-bond acceptors (Lipinski definition) is 4. The van der Waals surface area contributed by atoms with E-state index in [9.17, 15) is 9.18 Å². The van der Waals surface area contributed by atoms with Crippen LogP contribution in [-0.4, -0.2) is 6.03 Å². The second kappa shape index (κ2) is 7.92. The van der Waals surface area contributed by atoms with Gasteiger partial charge in [-0.1, -0.05) is 36.4 Å². The number of fused-ring (bicyclic) bond motifs is 1. The van der Waals surface area contributed by atoms with Crippen molar-refractivity contribution < 1.29 is 9.18 Å². The Morgan fingerprint density at radius 1 is 1.07 bits per heavy atom. The van der Waals surface area contributed by atoms with Gasteiger partial charge in [-0.05, 0) is 53.9 Å². The van der Waals surface area contributed by atoms with Crippen LogP contribution in [0.4, 0.5) is 20.6 Å².